The van der Waals surface area contributed by atoms with E-state index in [1.54, 1.807) is 21.3 Å². The highest BCUT2D eigenvalue weighted by atomic mass is 16.5. The van der Waals surface area contributed by atoms with Gasteiger partial charge in [-0.05, 0) is 61.9 Å². The zero-order valence-corrected chi connectivity index (χ0v) is 18.6. The van der Waals surface area contributed by atoms with E-state index in [1.165, 1.54) is 34.9 Å². The Morgan fingerprint density at radius 2 is 1.63 bits per heavy atom. The Labute approximate surface area is 179 Å². The number of hydrogen-bond acceptors (Lipinski definition) is 4. The van der Waals surface area contributed by atoms with E-state index in [4.69, 9.17) is 19.9 Å². The van der Waals surface area contributed by atoms with Crippen LogP contribution in [0.1, 0.15) is 43.7 Å². The van der Waals surface area contributed by atoms with Crippen molar-refractivity contribution >= 4 is 10.9 Å². The fraction of sp³-hybridized carbons (Fsp3) is 0.440. The maximum Gasteiger partial charge on any atom is 0.203 e. The number of hydrogen-bond donors (Lipinski definition) is 2. The molecule has 0 spiro atoms. The summed E-state index contributed by atoms with van der Waals surface area (Å²) >= 11 is 0. The largest absolute Gasteiger partial charge is 0.493 e. The van der Waals surface area contributed by atoms with Gasteiger partial charge in [0.15, 0.2) is 11.5 Å². The molecule has 0 aliphatic carbocycles. The Bertz CT molecular complexity index is 953. The number of H-pyrrole nitrogens is 1. The van der Waals surface area contributed by atoms with Crippen LogP contribution in [0, 0.1) is 0 Å². The number of fused-ring (bicyclic) bond motifs is 1. The van der Waals surface area contributed by atoms with E-state index in [9.17, 15) is 0 Å². The Hall–Kier alpha value is -2.66. The predicted octanol–water partition coefficient (Wildman–Crippen LogP) is 5.48. The first-order valence-electron chi connectivity index (χ1n) is 10.8. The van der Waals surface area contributed by atoms with Gasteiger partial charge < -0.3 is 24.9 Å². The minimum absolute atomic E-state index is 0.605. The van der Waals surface area contributed by atoms with E-state index in [0.717, 1.165) is 36.9 Å². The van der Waals surface area contributed by atoms with Crippen LogP contribution in [0.3, 0.4) is 0 Å². The lowest BCUT2D eigenvalue weighted by Crippen LogP contribution is -2.00. The van der Waals surface area contributed by atoms with Gasteiger partial charge in [-0.1, -0.05) is 31.5 Å². The Morgan fingerprint density at radius 1 is 0.900 bits per heavy atom. The molecule has 162 valence electrons. The first kappa shape index (κ1) is 22.0. The number of ether oxygens (including phenoxy) is 3. The quantitative estimate of drug-likeness (QED) is 0.410. The fourth-order valence-electron chi connectivity index (χ4n) is 4.09. The van der Waals surface area contributed by atoms with Gasteiger partial charge in [0, 0.05) is 22.2 Å². The number of aromatic nitrogens is 1. The molecule has 0 fully saturated rings. The molecular weight excluding hydrogens is 376 g/mol. The lowest BCUT2D eigenvalue weighted by Gasteiger charge is -2.14. The zero-order chi connectivity index (χ0) is 21.5. The molecule has 5 heteroatoms. The van der Waals surface area contributed by atoms with E-state index in [1.807, 2.05) is 12.1 Å². The molecule has 3 rings (SSSR count). The standard InChI is InChI=1S/C25H34N2O3/c1-5-6-10-17-11-9-13-20-19(12-7-8-14-26)24(27-23(17)20)18-15-21(28-2)25(30-4)22(16-18)29-3/h9,11,13,15-16,27H,5-8,10,12,14,26H2,1-4H3. The SMILES string of the molecule is CCCCc1cccc2c(CCCCN)c(-c3cc(OC)c(OC)c(OC)c3)[nH]c12. The van der Waals surface area contributed by atoms with Gasteiger partial charge in [-0.2, -0.15) is 0 Å². The molecule has 0 amide bonds. The first-order chi connectivity index (χ1) is 14.7. The van der Waals surface area contributed by atoms with Crippen molar-refractivity contribution < 1.29 is 14.2 Å². The number of aryl methyl sites for hydroxylation is 2. The maximum absolute atomic E-state index is 5.76. The molecule has 0 aliphatic rings. The van der Waals surface area contributed by atoms with E-state index in [2.05, 4.69) is 30.1 Å². The number of benzene rings is 2. The summed E-state index contributed by atoms with van der Waals surface area (Å²) in [6, 6.07) is 10.7. The smallest absolute Gasteiger partial charge is 0.203 e. The number of nitrogens with two attached hydrogens (primary N) is 1. The van der Waals surface area contributed by atoms with Gasteiger partial charge in [-0.15, -0.1) is 0 Å². The van der Waals surface area contributed by atoms with Crippen molar-refractivity contribution in [3.05, 3.63) is 41.5 Å². The summed E-state index contributed by atoms with van der Waals surface area (Å²) < 4.78 is 16.7. The van der Waals surface area contributed by atoms with Crippen LogP contribution in [0.25, 0.3) is 22.2 Å². The molecule has 1 aromatic heterocycles. The third kappa shape index (κ3) is 4.41. The molecule has 0 saturated heterocycles. The van der Waals surface area contributed by atoms with Crippen molar-refractivity contribution in [1.29, 1.82) is 0 Å². The van der Waals surface area contributed by atoms with E-state index >= 15 is 0 Å². The topological polar surface area (TPSA) is 69.5 Å². The second-order valence-corrected chi connectivity index (χ2v) is 7.58. The molecule has 0 unspecified atom stereocenters. The van der Waals surface area contributed by atoms with Gasteiger partial charge in [0.1, 0.15) is 0 Å². The molecule has 1 heterocycles. The molecule has 0 radical (unpaired) electrons. The van der Waals surface area contributed by atoms with E-state index < -0.39 is 0 Å². The highest BCUT2D eigenvalue weighted by Crippen LogP contribution is 2.43. The molecular formula is C25H34N2O3. The van der Waals surface area contributed by atoms with Crippen LogP contribution in [0.4, 0.5) is 0 Å². The van der Waals surface area contributed by atoms with Crippen molar-refractivity contribution in [2.75, 3.05) is 27.9 Å². The number of aromatic amines is 1. The van der Waals surface area contributed by atoms with Crippen molar-refractivity contribution in [3.8, 4) is 28.5 Å². The lowest BCUT2D eigenvalue weighted by atomic mass is 9.98. The number of para-hydroxylation sites is 1. The molecule has 0 aliphatic heterocycles. The van der Waals surface area contributed by atoms with Gasteiger partial charge >= 0.3 is 0 Å². The molecule has 3 aromatic rings. The van der Waals surface area contributed by atoms with Crippen LogP contribution in [0.5, 0.6) is 17.2 Å². The monoisotopic (exact) mass is 410 g/mol. The van der Waals surface area contributed by atoms with Crippen LogP contribution in [0.15, 0.2) is 30.3 Å². The molecule has 5 nitrogen and oxygen atoms in total. The number of methoxy groups -OCH3 is 3. The average Bonchev–Trinajstić information content (AvgIpc) is 3.16. The minimum atomic E-state index is 0.605. The van der Waals surface area contributed by atoms with Gasteiger partial charge in [-0.25, -0.2) is 0 Å². The maximum atomic E-state index is 5.76. The third-order valence-corrected chi connectivity index (χ3v) is 5.66. The van der Waals surface area contributed by atoms with Crippen molar-refractivity contribution in [2.24, 2.45) is 5.73 Å². The van der Waals surface area contributed by atoms with Crippen LogP contribution >= 0.6 is 0 Å². The summed E-state index contributed by atoms with van der Waals surface area (Å²) in [6.07, 6.45) is 6.48. The normalized spacial score (nSPS) is 11.1. The van der Waals surface area contributed by atoms with Crippen LogP contribution in [-0.2, 0) is 12.8 Å². The van der Waals surface area contributed by atoms with Crippen LogP contribution in [0.2, 0.25) is 0 Å². The number of rotatable bonds is 11. The molecule has 0 atom stereocenters. The van der Waals surface area contributed by atoms with Crippen molar-refractivity contribution in [3.63, 3.8) is 0 Å². The summed E-state index contributed by atoms with van der Waals surface area (Å²) in [7, 11) is 4.93. The van der Waals surface area contributed by atoms with Crippen LogP contribution in [-0.4, -0.2) is 32.9 Å². The predicted molar refractivity (Wildman–Crippen MR) is 124 cm³/mol. The van der Waals surface area contributed by atoms with Gasteiger partial charge in [-0.3, -0.25) is 0 Å². The second-order valence-electron chi connectivity index (χ2n) is 7.58. The Kier molecular flexibility index (Phi) is 7.63. The van der Waals surface area contributed by atoms with Crippen LogP contribution < -0.4 is 19.9 Å². The van der Waals surface area contributed by atoms with Gasteiger partial charge in [0.2, 0.25) is 5.75 Å². The average molecular weight is 411 g/mol. The minimum Gasteiger partial charge on any atom is -0.493 e. The van der Waals surface area contributed by atoms with Gasteiger partial charge in [0.05, 0.1) is 21.3 Å². The highest BCUT2D eigenvalue weighted by Gasteiger charge is 2.19. The third-order valence-electron chi connectivity index (χ3n) is 5.66. The van der Waals surface area contributed by atoms with Crippen molar-refractivity contribution in [1.82, 2.24) is 4.98 Å². The summed E-state index contributed by atoms with van der Waals surface area (Å²) in [4.78, 5) is 3.74. The summed E-state index contributed by atoms with van der Waals surface area (Å²) in [5.41, 5.74) is 11.8. The summed E-state index contributed by atoms with van der Waals surface area (Å²) in [5.74, 6) is 1.92. The molecule has 0 bridgehead atoms. The summed E-state index contributed by atoms with van der Waals surface area (Å²) in [5, 5.41) is 1.30. The summed E-state index contributed by atoms with van der Waals surface area (Å²) in [6.45, 7) is 2.94. The second kappa shape index (κ2) is 10.4. The first-order valence-corrected chi connectivity index (χ1v) is 10.8. The zero-order valence-electron chi connectivity index (χ0n) is 18.6. The van der Waals surface area contributed by atoms with E-state index in [-0.39, 0.29) is 0 Å². The Morgan fingerprint density at radius 3 is 2.23 bits per heavy atom. The molecule has 2 aromatic carbocycles. The van der Waals surface area contributed by atoms with E-state index in [0.29, 0.717) is 23.8 Å². The number of nitrogens with one attached hydrogen (secondary N) is 1. The molecule has 3 N–H and O–H groups in total. The number of unbranched alkanes of at least 4 members (excludes halogenated alkanes) is 2. The fourth-order valence-corrected chi connectivity index (χ4v) is 4.09. The lowest BCUT2D eigenvalue weighted by molar-refractivity contribution is 0.324. The van der Waals surface area contributed by atoms with Gasteiger partial charge in [0.25, 0.3) is 0 Å². The Balaban J connectivity index is 2.19. The highest BCUT2D eigenvalue weighted by molar-refractivity contribution is 5.93. The molecule has 30 heavy (non-hydrogen) atoms. The molecule has 0 saturated carbocycles. The van der Waals surface area contributed by atoms with Crippen molar-refractivity contribution in [2.45, 2.75) is 45.4 Å².